The monoisotopic (exact) mass is 905 g/mol. The van der Waals surface area contributed by atoms with Gasteiger partial charge in [0.25, 0.3) is 0 Å². The largest absolute Gasteiger partial charge is 0.493 e. The van der Waals surface area contributed by atoms with Crippen molar-refractivity contribution in [1.29, 1.82) is 0 Å². The van der Waals surface area contributed by atoms with Crippen LogP contribution in [0.3, 0.4) is 0 Å². The highest BCUT2D eigenvalue weighted by molar-refractivity contribution is 7.57. The van der Waals surface area contributed by atoms with E-state index in [0.29, 0.717) is 42.4 Å². The van der Waals surface area contributed by atoms with E-state index in [0.717, 1.165) is 121 Å². The fourth-order valence-electron chi connectivity index (χ4n) is 8.43. The van der Waals surface area contributed by atoms with Gasteiger partial charge in [-0.3, -0.25) is 4.57 Å². The number of halogens is 3. The molecule has 64 heavy (non-hydrogen) atoms. The molecular formula is C56H80F3O4P. The van der Waals surface area contributed by atoms with E-state index >= 15 is 0 Å². The van der Waals surface area contributed by atoms with Crippen LogP contribution in [0.25, 0.3) is 22.3 Å². The third-order valence-electron chi connectivity index (χ3n) is 12.5. The molecule has 1 unspecified atom stereocenters. The van der Waals surface area contributed by atoms with E-state index < -0.39 is 19.0 Å². The smallest absolute Gasteiger partial charge is 0.201 e. The Morgan fingerprint density at radius 2 is 0.875 bits per heavy atom. The lowest BCUT2D eigenvalue weighted by molar-refractivity contribution is 0.285. The van der Waals surface area contributed by atoms with Gasteiger partial charge in [0, 0.05) is 29.5 Å². The van der Waals surface area contributed by atoms with Gasteiger partial charge in [0.1, 0.15) is 11.6 Å². The normalized spacial score (nSPS) is 12.4. The van der Waals surface area contributed by atoms with Crippen molar-refractivity contribution in [2.45, 2.75) is 181 Å². The fraction of sp³-hybridized carbons (Fsp3) is 0.571. The van der Waals surface area contributed by atoms with Gasteiger partial charge in [-0.25, -0.2) is 8.78 Å². The van der Waals surface area contributed by atoms with Crippen molar-refractivity contribution in [2.75, 3.05) is 25.5 Å². The minimum Gasteiger partial charge on any atom is -0.493 e. The van der Waals surface area contributed by atoms with Crippen molar-refractivity contribution < 1.29 is 32.1 Å². The summed E-state index contributed by atoms with van der Waals surface area (Å²) >= 11 is 0. The van der Waals surface area contributed by atoms with Gasteiger partial charge in [0.15, 0.2) is 11.6 Å². The van der Waals surface area contributed by atoms with Crippen molar-refractivity contribution in [2.24, 2.45) is 0 Å². The van der Waals surface area contributed by atoms with Crippen LogP contribution in [0, 0.1) is 17.5 Å². The molecule has 4 aromatic carbocycles. The molecule has 4 rings (SSSR count). The highest BCUT2D eigenvalue weighted by atomic mass is 31.2. The Morgan fingerprint density at radius 3 is 1.34 bits per heavy atom. The molecule has 0 bridgehead atoms. The topological polar surface area (TPSA) is 55.8 Å². The zero-order valence-electron chi connectivity index (χ0n) is 39.5. The maximum absolute atomic E-state index is 14.9. The minimum atomic E-state index is -3.03. The van der Waals surface area contributed by atoms with Gasteiger partial charge in [-0.05, 0) is 97.9 Å². The van der Waals surface area contributed by atoms with Crippen molar-refractivity contribution in [3.63, 3.8) is 0 Å². The molecule has 1 atom stereocenters. The molecule has 0 saturated carbocycles. The molecule has 1 N–H and O–H groups in total. The molecule has 0 saturated heterocycles. The van der Waals surface area contributed by atoms with Crippen LogP contribution in [0.5, 0.6) is 11.5 Å². The van der Waals surface area contributed by atoms with E-state index in [9.17, 15) is 22.6 Å². The molecule has 0 amide bonds. The molecule has 0 spiro atoms. The average molecular weight is 905 g/mol. The lowest BCUT2D eigenvalue weighted by Crippen LogP contribution is -2.02. The predicted octanol–water partition coefficient (Wildman–Crippen LogP) is 17.7. The van der Waals surface area contributed by atoms with Crippen LogP contribution >= 0.6 is 7.37 Å². The van der Waals surface area contributed by atoms with Crippen molar-refractivity contribution in [1.82, 2.24) is 0 Å². The van der Waals surface area contributed by atoms with Crippen molar-refractivity contribution in [3.05, 3.63) is 107 Å². The second-order valence-electron chi connectivity index (χ2n) is 18.0. The Balaban J connectivity index is 0.908. The molecule has 4 nitrogen and oxygen atoms in total. The van der Waals surface area contributed by atoms with E-state index in [1.54, 1.807) is 6.07 Å². The minimum absolute atomic E-state index is 0.0315. The van der Waals surface area contributed by atoms with Gasteiger partial charge in [-0.2, -0.15) is 4.39 Å². The Kier molecular flexibility index (Phi) is 26.0. The fourth-order valence-corrected chi connectivity index (χ4v) is 10.1. The highest BCUT2D eigenvalue weighted by Gasteiger charge is 2.18. The summed E-state index contributed by atoms with van der Waals surface area (Å²) in [5.41, 5.74) is 4.94. The van der Waals surface area contributed by atoms with Gasteiger partial charge in [0.05, 0.1) is 13.2 Å². The Bertz CT molecular complexity index is 1900. The molecule has 0 aliphatic carbocycles. The van der Waals surface area contributed by atoms with Crippen LogP contribution in [0.1, 0.15) is 179 Å². The highest BCUT2D eigenvalue weighted by Crippen LogP contribution is 2.42. The van der Waals surface area contributed by atoms with Crippen LogP contribution in [-0.2, 0) is 17.4 Å². The number of rotatable bonds is 36. The molecular weight excluding hydrogens is 825 g/mol. The zero-order chi connectivity index (χ0) is 45.7. The maximum atomic E-state index is 14.9. The average Bonchev–Trinajstić information content (AvgIpc) is 3.29. The van der Waals surface area contributed by atoms with Crippen LogP contribution in [0.2, 0.25) is 0 Å². The van der Waals surface area contributed by atoms with Gasteiger partial charge in [0.2, 0.25) is 13.2 Å². The molecule has 0 aliphatic rings. The summed E-state index contributed by atoms with van der Waals surface area (Å²) < 4.78 is 68.7. The molecule has 8 heteroatoms. The number of benzene rings is 4. The van der Waals surface area contributed by atoms with Crippen LogP contribution < -0.4 is 9.47 Å². The Hall–Kier alpha value is -3.54. The van der Waals surface area contributed by atoms with Crippen LogP contribution in [0.15, 0.2) is 78.9 Å². The van der Waals surface area contributed by atoms with Crippen LogP contribution in [0.4, 0.5) is 13.2 Å². The quantitative estimate of drug-likeness (QED) is 0.0365. The summed E-state index contributed by atoms with van der Waals surface area (Å²) in [6, 6.07) is 24.3. The lowest BCUT2D eigenvalue weighted by atomic mass is 10.0. The maximum Gasteiger partial charge on any atom is 0.201 e. The van der Waals surface area contributed by atoms with E-state index in [4.69, 9.17) is 9.47 Å². The van der Waals surface area contributed by atoms with E-state index in [1.807, 2.05) is 48.5 Å². The van der Waals surface area contributed by atoms with Gasteiger partial charge in [-0.15, -0.1) is 0 Å². The van der Waals surface area contributed by atoms with E-state index in [-0.39, 0.29) is 17.1 Å². The summed E-state index contributed by atoms with van der Waals surface area (Å²) in [5.74, 6) is -1.49. The van der Waals surface area contributed by atoms with Crippen molar-refractivity contribution >= 4 is 7.37 Å². The SMILES string of the molecule is CCCCCc1ccc(-c2ccc(OCCCCCCCCCCCP(=O)(O)CCCCCCCCCCCOc3ccc(-c4ccc(CCCCC)cc4)c(F)c3F)cc2F)cc1. The molecule has 4 aromatic rings. The first kappa shape index (κ1) is 53.1. The molecule has 0 aromatic heterocycles. The first-order chi connectivity index (χ1) is 31.2. The Morgan fingerprint density at radius 1 is 0.453 bits per heavy atom. The van der Waals surface area contributed by atoms with Crippen molar-refractivity contribution in [3.8, 4) is 33.8 Å². The number of unbranched alkanes of at least 4 members (excludes halogenated alkanes) is 20. The lowest BCUT2D eigenvalue weighted by Gasteiger charge is -2.11. The second kappa shape index (κ2) is 31.4. The number of ether oxygens (including phenoxy) is 2. The third-order valence-corrected chi connectivity index (χ3v) is 14.5. The summed E-state index contributed by atoms with van der Waals surface area (Å²) in [6.45, 7) is 5.34. The summed E-state index contributed by atoms with van der Waals surface area (Å²) in [7, 11) is -3.03. The van der Waals surface area contributed by atoms with Gasteiger partial charge < -0.3 is 14.4 Å². The number of hydrogen-bond donors (Lipinski definition) is 1. The first-order valence-electron chi connectivity index (χ1n) is 25.2. The predicted molar refractivity (Wildman–Crippen MR) is 264 cm³/mol. The second-order valence-corrected chi connectivity index (χ2v) is 20.6. The summed E-state index contributed by atoms with van der Waals surface area (Å²) in [5, 5.41) is 0. The standard InChI is InChI=1S/C56H80F3O4P/c1-3-5-21-27-46-29-33-48(34-30-46)51-38-37-50(45-53(51)57)62-41-23-17-13-9-7-11-15-19-25-43-64(60,61)44-26-20-16-12-8-10-14-18-24-42-63-54-40-39-52(55(58)56(54)59)49-35-31-47(32-36-49)28-22-6-4-2/h29-40,45H,3-28,41-44H2,1-2H3,(H,60,61). The number of aryl methyl sites for hydroxylation is 2. The van der Waals surface area contributed by atoms with Gasteiger partial charge >= 0.3 is 0 Å². The molecule has 0 fully saturated rings. The molecule has 0 heterocycles. The third kappa shape index (κ3) is 20.7. The molecule has 0 radical (unpaired) electrons. The Labute approximate surface area is 385 Å². The molecule has 0 aliphatic heterocycles. The number of hydrogen-bond acceptors (Lipinski definition) is 3. The van der Waals surface area contributed by atoms with E-state index in [1.165, 1.54) is 74.6 Å². The van der Waals surface area contributed by atoms with Crippen LogP contribution in [-0.4, -0.2) is 30.4 Å². The summed E-state index contributed by atoms with van der Waals surface area (Å²) in [6.07, 6.45) is 28.9. The van der Waals surface area contributed by atoms with Gasteiger partial charge in [-0.1, -0.05) is 178 Å². The zero-order valence-corrected chi connectivity index (χ0v) is 40.4. The molecule has 354 valence electrons. The summed E-state index contributed by atoms with van der Waals surface area (Å²) in [4.78, 5) is 10.5. The van der Waals surface area contributed by atoms with E-state index in [2.05, 4.69) is 26.0 Å². The first-order valence-corrected chi connectivity index (χ1v) is 27.3.